The first kappa shape index (κ1) is 14.8. The fourth-order valence-electron chi connectivity index (χ4n) is 3.23. The Kier molecular flexibility index (Phi) is 6.11. The summed E-state index contributed by atoms with van der Waals surface area (Å²) in [6.07, 6.45) is 6.19. The monoisotopic (exact) mass is 267 g/mol. The van der Waals surface area contributed by atoms with Crippen molar-refractivity contribution in [1.82, 2.24) is 15.1 Å². The molecule has 0 atom stereocenters. The lowest BCUT2D eigenvalue weighted by atomic mass is 9.92. The SMILES string of the molecule is CCCC1CCN(C(=O)CN2CCCNCC2)CC1. The average Bonchev–Trinajstić information content (AvgIpc) is 2.68. The number of hydrogen-bond acceptors (Lipinski definition) is 3. The molecule has 110 valence electrons. The molecular formula is C15H29N3O. The van der Waals surface area contributed by atoms with Gasteiger partial charge in [-0.1, -0.05) is 19.8 Å². The highest BCUT2D eigenvalue weighted by molar-refractivity contribution is 5.78. The van der Waals surface area contributed by atoms with Gasteiger partial charge in [-0.25, -0.2) is 0 Å². The zero-order valence-electron chi connectivity index (χ0n) is 12.4. The summed E-state index contributed by atoms with van der Waals surface area (Å²) < 4.78 is 0. The molecule has 2 aliphatic heterocycles. The molecule has 0 aromatic rings. The minimum absolute atomic E-state index is 0.344. The van der Waals surface area contributed by atoms with Crippen molar-refractivity contribution in [2.75, 3.05) is 45.8 Å². The van der Waals surface area contributed by atoms with Gasteiger partial charge in [-0.2, -0.15) is 0 Å². The number of nitrogens with one attached hydrogen (secondary N) is 1. The lowest BCUT2D eigenvalue weighted by Crippen LogP contribution is -2.44. The molecule has 0 radical (unpaired) electrons. The number of amides is 1. The van der Waals surface area contributed by atoms with Gasteiger partial charge in [0.25, 0.3) is 0 Å². The summed E-state index contributed by atoms with van der Waals surface area (Å²) in [4.78, 5) is 16.7. The Morgan fingerprint density at radius 2 is 1.95 bits per heavy atom. The lowest BCUT2D eigenvalue weighted by Gasteiger charge is -2.33. The van der Waals surface area contributed by atoms with E-state index in [0.29, 0.717) is 12.5 Å². The third-order valence-electron chi connectivity index (χ3n) is 4.46. The predicted octanol–water partition coefficient (Wildman–Crippen LogP) is 1.32. The van der Waals surface area contributed by atoms with Crippen molar-refractivity contribution >= 4 is 5.91 Å². The van der Waals surface area contributed by atoms with Gasteiger partial charge in [0.2, 0.25) is 5.91 Å². The van der Waals surface area contributed by atoms with E-state index in [1.54, 1.807) is 0 Å². The van der Waals surface area contributed by atoms with E-state index in [-0.39, 0.29) is 0 Å². The molecule has 2 fully saturated rings. The quantitative estimate of drug-likeness (QED) is 0.834. The normalized spacial score (nSPS) is 23.3. The molecule has 0 aliphatic carbocycles. The Hall–Kier alpha value is -0.610. The summed E-state index contributed by atoms with van der Waals surface area (Å²) >= 11 is 0. The molecule has 0 bridgehead atoms. The fraction of sp³-hybridized carbons (Fsp3) is 0.933. The molecule has 1 N–H and O–H groups in total. The summed E-state index contributed by atoms with van der Waals surface area (Å²) in [6.45, 7) is 9.03. The Morgan fingerprint density at radius 3 is 2.68 bits per heavy atom. The third kappa shape index (κ3) is 4.77. The van der Waals surface area contributed by atoms with E-state index >= 15 is 0 Å². The van der Waals surface area contributed by atoms with E-state index in [9.17, 15) is 4.79 Å². The van der Waals surface area contributed by atoms with Crippen LogP contribution in [0.4, 0.5) is 0 Å². The number of rotatable bonds is 4. The van der Waals surface area contributed by atoms with Gasteiger partial charge >= 0.3 is 0 Å². The number of likely N-dealkylation sites (tertiary alicyclic amines) is 1. The van der Waals surface area contributed by atoms with Gasteiger partial charge in [-0.15, -0.1) is 0 Å². The van der Waals surface area contributed by atoms with Crippen LogP contribution in [-0.2, 0) is 4.79 Å². The van der Waals surface area contributed by atoms with Crippen LogP contribution in [0, 0.1) is 5.92 Å². The van der Waals surface area contributed by atoms with Crippen LogP contribution in [0.1, 0.15) is 39.0 Å². The van der Waals surface area contributed by atoms with Gasteiger partial charge < -0.3 is 10.2 Å². The maximum atomic E-state index is 12.3. The maximum absolute atomic E-state index is 12.3. The molecule has 0 aromatic heterocycles. The number of carbonyl (C=O) groups is 1. The third-order valence-corrected chi connectivity index (χ3v) is 4.46. The van der Waals surface area contributed by atoms with E-state index < -0.39 is 0 Å². The van der Waals surface area contributed by atoms with Crippen LogP contribution in [0.3, 0.4) is 0 Å². The molecule has 2 rings (SSSR count). The molecule has 2 aliphatic rings. The summed E-state index contributed by atoms with van der Waals surface area (Å²) in [5, 5.41) is 3.38. The molecule has 0 aromatic carbocycles. The van der Waals surface area contributed by atoms with E-state index in [0.717, 1.165) is 51.6 Å². The highest BCUT2D eigenvalue weighted by Gasteiger charge is 2.23. The van der Waals surface area contributed by atoms with Crippen molar-refractivity contribution in [3.63, 3.8) is 0 Å². The average molecular weight is 267 g/mol. The molecular weight excluding hydrogens is 238 g/mol. The van der Waals surface area contributed by atoms with Gasteiger partial charge in [0.1, 0.15) is 0 Å². The summed E-state index contributed by atoms with van der Waals surface area (Å²) in [5.41, 5.74) is 0. The largest absolute Gasteiger partial charge is 0.342 e. The molecule has 0 spiro atoms. The summed E-state index contributed by atoms with van der Waals surface area (Å²) in [6, 6.07) is 0. The summed E-state index contributed by atoms with van der Waals surface area (Å²) in [5.74, 6) is 1.20. The van der Waals surface area contributed by atoms with Crippen LogP contribution in [0.25, 0.3) is 0 Å². The Balaban J connectivity index is 1.71. The molecule has 1 amide bonds. The number of carbonyl (C=O) groups excluding carboxylic acids is 1. The van der Waals surface area contributed by atoms with Crippen LogP contribution in [0.5, 0.6) is 0 Å². The van der Waals surface area contributed by atoms with Crippen molar-refractivity contribution in [1.29, 1.82) is 0 Å². The van der Waals surface area contributed by atoms with Crippen molar-refractivity contribution < 1.29 is 4.79 Å². The number of piperidine rings is 1. The number of hydrogen-bond donors (Lipinski definition) is 1. The minimum atomic E-state index is 0.344. The highest BCUT2D eigenvalue weighted by Crippen LogP contribution is 2.21. The zero-order chi connectivity index (χ0) is 13.5. The van der Waals surface area contributed by atoms with Crippen molar-refractivity contribution in [2.45, 2.75) is 39.0 Å². The first-order valence-corrected chi connectivity index (χ1v) is 8.00. The molecule has 0 unspecified atom stereocenters. The van der Waals surface area contributed by atoms with Crippen LogP contribution in [-0.4, -0.2) is 61.5 Å². The lowest BCUT2D eigenvalue weighted by molar-refractivity contribution is -0.133. The van der Waals surface area contributed by atoms with E-state index in [2.05, 4.69) is 22.0 Å². The van der Waals surface area contributed by atoms with Crippen LogP contribution >= 0.6 is 0 Å². The first-order chi connectivity index (χ1) is 9.29. The maximum Gasteiger partial charge on any atom is 0.236 e. The van der Waals surface area contributed by atoms with Crippen LogP contribution in [0.15, 0.2) is 0 Å². The molecule has 0 saturated carbocycles. The standard InChI is InChI=1S/C15H29N3O/c1-2-4-14-5-10-18(11-6-14)15(19)13-17-9-3-7-16-8-12-17/h14,16H,2-13H2,1H3. The van der Waals surface area contributed by atoms with Gasteiger partial charge in [0.05, 0.1) is 6.54 Å². The Bertz CT molecular complexity index is 267. The summed E-state index contributed by atoms with van der Waals surface area (Å²) in [7, 11) is 0. The Labute approximate surface area is 117 Å². The molecule has 2 saturated heterocycles. The number of nitrogens with zero attached hydrogens (tertiary/aromatic N) is 2. The fourth-order valence-corrected chi connectivity index (χ4v) is 3.23. The van der Waals surface area contributed by atoms with Crippen molar-refractivity contribution in [2.24, 2.45) is 5.92 Å². The smallest absolute Gasteiger partial charge is 0.236 e. The topological polar surface area (TPSA) is 35.6 Å². The van der Waals surface area contributed by atoms with Crippen LogP contribution in [0.2, 0.25) is 0 Å². The van der Waals surface area contributed by atoms with E-state index in [1.807, 2.05) is 0 Å². The second-order valence-corrected chi connectivity index (χ2v) is 5.99. The van der Waals surface area contributed by atoms with E-state index in [4.69, 9.17) is 0 Å². The molecule has 2 heterocycles. The van der Waals surface area contributed by atoms with Crippen molar-refractivity contribution in [3.05, 3.63) is 0 Å². The van der Waals surface area contributed by atoms with Crippen LogP contribution < -0.4 is 5.32 Å². The van der Waals surface area contributed by atoms with Gasteiger partial charge in [-0.05, 0) is 38.3 Å². The highest BCUT2D eigenvalue weighted by atomic mass is 16.2. The molecule has 4 heteroatoms. The second-order valence-electron chi connectivity index (χ2n) is 5.99. The zero-order valence-corrected chi connectivity index (χ0v) is 12.4. The van der Waals surface area contributed by atoms with Crippen molar-refractivity contribution in [3.8, 4) is 0 Å². The van der Waals surface area contributed by atoms with Gasteiger partial charge in [-0.3, -0.25) is 9.69 Å². The van der Waals surface area contributed by atoms with Gasteiger partial charge in [0.15, 0.2) is 0 Å². The molecule has 19 heavy (non-hydrogen) atoms. The van der Waals surface area contributed by atoms with Gasteiger partial charge in [0, 0.05) is 26.2 Å². The van der Waals surface area contributed by atoms with E-state index in [1.165, 1.54) is 25.7 Å². The molecule has 4 nitrogen and oxygen atoms in total. The predicted molar refractivity (Wildman–Crippen MR) is 78.1 cm³/mol. The second kappa shape index (κ2) is 7.85. The first-order valence-electron chi connectivity index (χ1n) is 8.00. The minimum Gasteiger partial charge on any atom is -0.342 e. The Morgan fingerprint density at radius 1 is 1.16 bits per heavy atom.